The predicted molar refractivity (Wildman–Crippen MR) is 112 cm³/mol. The fourth-order valence-electron chi connectivity index (χ4n) is 3.66. The number of ether oxygens (including phenoxy) is 1. The Morgan fingerprint density at radius 2 is 1.53 bits per heavy atom. The Morgan fingerprint density at radius 3 is 2.10 bits per heavy atom. The molecular formula is C23H26N2O5. The van der Waals surface area contributed by atoms with E-state index in [9.17, 15) is 14.4 Å². The van der Waals surface area contributed by atoms with Crippen LogP contribution < -0.4 is 10.6 Å². The van der Waals surface area contributed by atoms with Crippen LogP contribution in [0.1, 0.15) is 43.7 Å². The molecule has 0 heterocycles. The van der Waals surface area contributed by atoms with Gasteiger partial charge in [-0.25, -0.2) is 4.79 Å². The van der Waals surface area contributed by atoms with Gasteiger partial charge in [-0.15, -0.1) is 0 Å². The van der Waals surface area contributed by atoms with Crippen molar-refractivity contribution in [3.05, 3.63) is 59.7 Å². The van der Waals surface area contributed by atoms with E-state index >= 15 is 0 Å². The lowest BCUT2D eigenvalue weighted by Gasteiger charge is -2.19. The minimum atomic E-state index is -0.916. The number of aliphatic carboxylic acids is 1. The average molecular weight is 410 g/mol. The number of alkyl carbamates (subject to hydrolysis) is 1. The van der Waals surface area contributed by atoms with Crippen LogP contribution in [0.25, 0.3) is 11.1 Å². The topological polar surface area (TPSA) is 105 Å². The molecule has 1 aliphatic rings. The lowest BCUT2D eigenvalue weighted by atomic mass is 9.98. The quantitative estimate of drug-likeness (QED) is 0.619. The third-order valence-electron chi connectivity index (χ3n) is 5.25. The number of hydrogen-bond acceptors (Lipinski definition) is 4. The summed E-state index contributed by atoms with van der Waals surface area (Å²) in [6, 6.07) is 15.0. The van der Waals surface area contributed by atoms with E-state index in [1.807, 2.05) is 36.4 Å². The Bertz CT molecular complexity index is 897. The SMILES string of the molecule is CC(CCC(=O)O)NC(=O)[C@@H](C)NC(=O)OCC1c2ccccc2-c2ccccc21. The average Bonchev–Trinajstić information content (AvgIpc) is 3.04. The first-order valence-electron chi connectivity index (χ1n) is 10.0. The molecule has 0 bridgehead atoms. The smallest absolute Gasteiger partial charge is 0.407 e. The summed E-state index contributed by atoms with van der Waals surface area (Å²) in [5, 5.41) is 13.9. The Labute approximate surface area is 175 Å². The molecule has 2 aromatic rings. The van der Waals surface area contributed by atoms with Crippen LogP contribution in [0.5, 0.6) is 0 Å². The summed E-state index contributed by atoms with van der Waals surface area (Å²) in [4.78, 5) is 35.1. The summed E-state index contributed by atoms with van der Waals surface area (Å²) in [5.74, 6) is -1.36. The van der Waals surface area contributed by atoms with Crippen LogP contribution in [0, 0.1) is 0 Å². The van der Waals surface area contributed by atoms with Crippen LogP contribution in [0.4, 0.5) is 4.79 Å². The minimum Gasteiger partial charge on any atom is -0.481 e. The van der Waals surface area contributed by atoms with Crippen molar-refractivity contribution in [2.45, 2.75) is 44.7 Å². The van der Waals surface area contributed by atoms with Gasteiger partial charge in [0.1, 0.15) is 12.6 Å². The second-order valence-corrected chi connectivity index (χ2v) is 7.53. The minimum absolute atomic E-state index is 0.0321. The third kappa shape index (κ3) is 4.97. The number of carbonyl (C=O) groups excluding carboxylic acids is 2. The molecule has 7 nitrogen and oxygen atoms in total. The van der Waals surface area contributed by atoms with Gasteiger partial charge in [-0.3, -0.25) is 9.59 Å². The maximum atomic E-state index is 12.2. The van der Waals surface area contributed by atoms with E-state index in [1.54, 1.807) is 13.8 Å². The lowest BCUT2D eigenvalue weighted by Crippen LogP contribution is -2.47. The van der Waals surface area contributed by atoms with Crippen LogP contribution >= 0.6 is 0 Å². The van der Waals surface area contributed by atoms with Gasteiger partial charge in [-0.1, -0.05) is 48.5 Å². The maximum Gasteiger partial charge on any atom is 0.407 e. The van der Waals surface area contributed by atoms with Gasteiger partial charge in [0.15, 0.2) is 0 Å². The van der Waals surface area contributed by atoms with E-state index in [2.05, 4.69) is 22.8 Å². The summed E-state index contributed by atoms with van der Waals surface area (Å²) in [7, 11) is 0. The number of carboxylic acids is 1. The van der Waals surface area contributed by atoms with E-state index < -0.39 is 18.1 Å². The summed E-state index contributed by atoms with van der Waals surface area (Å²) in [5.41, 5.74) is 4.52. The highest BCUT2D eigenvalue weighted by atomic mass is 16.5. The van der Waals surface area contributed by atoms with Crippen molar-refractivity contribution in [1.82, 2.24) is 10.6 Å². The monoisotopic (exact) mass is 410 g/mol. The highest BCUT2D eigenvalue weighted by Crippen LogP contribution is 2.44. The van der Waals surface area contributed by atoms with Gasteiger partial charge < -0.3 is 20.5 Å². The largest absolute Gasteiger partial charge is 0.481 e. The van der Waals surface area contributed by atoms with E-state index in [4.69, 9.17) is 9.84 Å². The van der Waals surface area contributed by atoms with E-state index in [0.717, 1.165) is 22.3 Å². The van der Waals surface area contributed by atoms with Crippen LogP contribution in [-0.2, 0) is 14.3 Å². The molecule has 0 saturated heterocycles. The first-order chi connectivity index (χ1) is 14.4. The Morgan fingerprint density at radius 1 is 0.967 bits per heavy atom. The molecule has 2 amide bonds. The van der Waals surface area contributed by atoms with Crippen molar-refractivity contribution < 1.29 is 24.2 Å². The van der Waals surface area contributed by atoms with Crippen molar-refractivity contribution in [1.29, 1.82) is 0 Å². The van der Waals surface area contributed by atoms with Crippen LogP contribution in [0.15, 0.2) is 48.5 Å². The molecule has 158 valence electrons. The highest BCUT2D eigenvalue weighted by molar-refractivity contribution is 5.85. The molecule has 30 heavy (non-hydrogen) atoms. The number of benzene rings is 2. The normalized spacial score (nSPS) is 14.2. The molecule has 0 aromatic heterocycles. The summed E-state index contributed by atoms with van der Waals surface area (Å²) in [6.45, 7) is 3.45. The third-order valence-corrected chi connectivity index (χ3v) is 5.25. The number of carboxylic acid groups (broad SMARTS) is 1. The van der Waals surface area contributed by atoms with Crippen LogP contribution in [-0.4, -0.2) is 41.8 Å². The number of carbonyl (C=O) groups is 3. The van der Waals surface area contributed by atoms with E-state index in [-0.39, 0.29) is 30.9 Å². The zero-order valence-corrected chi connectivity index (χ0v) is 17.1. The molecular weight excluding hydrogens is 384 g/mol. The maximum absolute atomic E-state index is 12.2. The molecule has 3 rings (SSSR count). The van der Waals surface area contributed by atoms with Gasteiger partial charge in [0.25, 0.3) is 0 Å². The number of nitrogens with one attached hydrogen (secondary N) is 2. The van der Waals surface area contributed by atoms with Gasteiger partial charge in [0, 0.05) is 18.4 Å². The van der Waals surface area contributed by atoms with Gasteiger partial charge in [0.2, 0.25) is 5.91 Å². The summed E-state index contributed by atoms with van der Waals surface area (Å²) >= 11 is 0. The van der Waals surface area contributed by atoms with Crippen molar-refractivity contribution in [3.63, 3.8) is 0 Å². The van der Waals surface area contributed by atoms with E-state index in [0.29, 0.717) is 6.42 Å². The molecule has 0 spiro atoms. The fourth-order valence-corrected chi connectivity index (χ4v) is 3.66. The second-order valence-electron chi connectivity index (χ2n) is 7.53. The molecule has 1 unspecified atom stereocenters. The van der Waals surface area contributed by atoms with Crippen LogP contribution in [0.3, 0.4) is 0 Å². The molecule has 1 aliphatic carbocycles. The van der Waals surface area contributed by atoms with Gasteiger partial charge >= 0.3 is 12.1 Å². The first-order valence-corrected chi connectivity index (χ1v) is 10.0. The molecule has 0 saturated carbocycles. The van der Waals surface area contributed by atoms with Gasteiger partial charge in [-0.2, -0.15) is 0 Å². The number of fused-ring (bicyclic) bond motifs is 3. The zero-order chi connectivity index (χ0) is 21.7. The lowest BCUT2D eigenvalue weighted by molar-refractivity contribution is -0.137. The molecule has 2 atom stereocenters. The first kappa shape index (κ1) is 21.4. The number of rotatable bonds is 8. The summed E-state index contributed by atoms with van der Waals surface area (Å²) in [6.07, 6.45) is -0.383. The Kier molecular flexibility index (Phi) is 6.72. The predicted octanol–water partition coefficient (Wildman–Crippen LogP) is 3.28. The van der Waals surface area contributed by atoms with Crippen LogP contribution in [0.2, 0.25) is 0 Å². The Hall–Kier alpha value is -3.35. The standard InChI is InChI=1S/C23H26N2O5/c1-14(11-12-21(26)27)24-22(28)15(2)25-23(29)30-13-20-18-9-5-3-7-16(18)17-8-4-6-10-19(17)20/h3-10,14-15,20H,11-13H2,1-2H3,(H,24,28)(H,25,29)(H,26,27)/t14?,15-/m1/s1. The van der Waals surface area contributed by atoms with Crippen molar-refractivity contribution >= 4 is 18.0 Å². The van der Waals surface area contributed by atoms with E-state index in [1.165, 1.54) is 0 Å². The zero-order valence-electron chi connectivity index (χ0n) is 17.1. The number of hydrogen-bond donors (Lipinski definition) is 3. The summed E-state index contributed by atoms with van der Waals surface area (Å²) < 4.78 is 5.44. The molecule has 2 aromatic carbocycles. The fraction of sp³-hybridized carbons (Fsp3) is 0.348. The molecule has 0 radical (unpaired) electrons. The van der Waals surface area contributed by atoms with Crippen molar-refractivity contribution in [2.24, 2.45) is 0 Å². The molecule has 0 aliphatic heterocycles. The molecule has 7 heteroatoms. The molecule has 3 N–H and O–H groups in total. The highest BCUT2D eigenvalue weighted by Gasteiger charge is 2.29. The Balaban J connectivity index is 1.53. The van der Waals surface area contributed by atoms with Gasteiger partial charge in [-0.05, 0) is 42.5 Å². The second kappa shape index (κ2) is 9.43. The number of amides is 2. The van der Waals surface area contributed by atoms with Gasteiger partial charge in [0.05, 0.1) is 0 Å². The molecule has 0 fully saturated rings. The van der Waals surface area contributed by atoms with Crippen molar-refractivity contribution in [3.8, 4) is 11.1 Å². The van der Waals surface area contributed by atoms with Crippen molar-refractivity contribution in [2.75, 3.05) is 6.61 Å².